The Labute approximate surface area is 111 Å². The second-order valence-electron chi connectivity index (χ2n) is 3.66. The number of aromatic nitrogens is 3. The van der Waals surface area contributed by atoms with Crippen LogP contribution in [0.4, 0.5) is 4.39 Å². The Morgan fingerprint density at radius 3 is 3.00 bits per heavy atom. The fourth-order valence-electron chi connectivity index (χ4n) is 1.38. The van der Waals surface area contributed by atoms with Gasteiger partial charge >= 0.3 is 0 Å². The van der Waals surface area contributed by atoms with Gasteiger partial charge in [0.25, 0.3) is 5.91 Å². The number of aryl methyl sites for hydroxylation is 1. The number of aromatic amines is 1. The Balaban J connectivity index is 2.03. The van der Waals surface area contributed by atoms with Crippen LogP contribution < -0.4 is 5.32 Å². The monoisotopic (exact) mass is 312 g/mol. The van der Waals surface area contributed by atoms with Crippen molar-refractivity contribution in [3.8, 4) is 0 Å². The van der Waals surface area contributed by atoms with Gasteiger partial charge in [-0.3, -0.25) is 9.89 Å². The van der Waals surface area contributed by atoms with Crippen molar-refractivity contribution in [2.24, 2.45) is 0 Å². The van der Waals surface area contributed by atoms with Crippen LogP contribution in [0.5, 0.6) is 0 Å². The Bertz CT molecular complexity index is 584. The molecule has 0 bridgehead atoms. The molecule has 1 aromatic heterocycles. The first-order valence-corrected chi connectivity index (χ1v) is 5.96. The van der Waals surface area contributed by atoms with E-state index in [2.05, 4.69) is 36.4 Å². The van der Waals surface area contributed by atoms with Gasteiger partial charge in [-0.15, -0.1) is 5.10 Å². The van der Waals surface area contributed by atoms with Crippen LogP contribution in [-0.4, -0.2) is 21.1 Å². The van der Waals surface area contributed by atoms with E-state index in [1.165, 1.54) is 12.1 Å². The normalized spacial score (nSPS) is 10.4. The summed E-state index contributed by atoms with van der Waals surface area (Å²) in [5.74, 6) is -0.126. The van der Waals surface area contributed by atoms with E-state index in [1.54, 1.807) is 13.0 Å². The summed E-state index contributed by atoms with van der Waals surface area (Å²) in [6.07, 6.45) is 0. The van der Waals surface area contributed by atoms with Crippen molar-refractivity contribution in [3.63, 3.8) is 0 Å². The Hall–Kier alpha value is -1.76. The van der Waals surface area contributed by atoms with Gasteiger partial charge in [0.15, 0.2) is 0 Å². The van der Waals surface area contributed by atoms with Gasteiger partial charge in [0.1, 0.15) is 11.6 Å². The molecular formula is C11H10BrFN4O. The summed E-state index contributed by atoms with van der Waals surface area (Å²) in [6, 6.07) is 4.29. The van der Waals surface area contributed by atoms with Crippen LogP contribution >= 0.6 is 15.9 Å². The van der Waals surface area contributed by atoms with Gasteiger partial charge < -0.3 is 5.32 Å². The number of hydrogen-bond acceptors (Lipinski definition) is 3. The van der Waals surface area contributed by atoms with Gasteiger partial charge in [-0.05, 0) is 30.7 Å². The summed E-state index contributed by atoms with van der Waals surface area (Å²) in [7, 11) is 0. The van der Waals surface area contributed by atoms with E-state index in [-0.39, 0.29) is 18.2 Å². The number of rotatable bonds is 3. The molecule has 0 radical (unpaired) electrons. The van der Waals surface area contributed by atoms with E-state index in [9.17, 15) is 9.18 Å². The van der Waals surface area contributed by atoms with Gasteiger partial charge in [-0.2, -0.15) is 0 Å². The van der Waals surface area contributed by atoms with E-state index >= 15 is 0 Å². The van der Waals surface area contributed by atoms with Crippen molar-refractivity contribution in [2.75, 3.05) is 0 Å². The quantitative estimate of drug-likeness (QED) is 0.910. The molecule has 0 fully saturated rings. The number of H-pyrrole nitrogens is 1. The van der Waals surface area contributed by atoms with Crippen LogP contribution in [0.2, 0.25) is 0 Å². The molecule has 0 saturated heterocycles. The third kappa shape index (κ3) is 2.92. The minimum atomic E-state index is -0.407. The van der Waals surface area contributed by atoms with Crippen LogP contribution in [0.25, 0.3) is 0 Å². The molecule has 18 heavy (non-hydrogen) atoms. The number of benzene rings is 1. The predicted molar refractivity (Wildman–Crippen MR) is 66.4 cm³/mol. The second kappa shape index (κ2) is 5.26. The van der Waals surface area contributed by atoms with Gasteiger partial charge in [-0.25, -0.2) is 9.37 Å². The highest BCUT2D eigenvalue weighted by molar-refractivity contribution is 9.10. The average Bonchev–Trinajstić information content (AvgIpc) is 2.77. The maximum atomic E-state index is 13.0. The second-order valence-corrected chi connectivity index (χ2v) is 4.52. The van der Waals surface area contributed by atoms with E-state index in [4.69, 9.17) is 0 Å². The zero-order valence-corrected chi connectivity index (χ0v) is 11.1. The van der Waals surface area contributed by atoms with Crippen LogP contribution in [0, 0.1) is 12.7 Å². The molecule has 1 aromatic carbocycles. The first kappa shape index (κ1) is 12.7. The highest BCUT2D eigenvalue weighted by Crippen LogP contribution is 2.17. The zero-order chi connectivity index (χ0) is 13.1. The highest BCUT2D eigenvalue weighted by atomic mass is 79.9. The number of amides is 1. The molecule has 94 valence electrons. The van der Waals surface area contributed by atoms with E-state index in [1.807, 2.05) is 0 Å². The molecule has 0 aliphatic rings. The summed E-state index contributed by atoms with van der Waals surface area (Å²) in [4.78, 5) is 15.6. The zero-order valence-electron chi connectivity index (χ0n) is 9.50. The minimum Gasteiger partial charge on any atom is -0.345 e. The maximum Gasteiger partial charge on any atom is 0.291 e. The Morgan fingerprint density at radius 2 is 2.33 bits per heavy atom. The molecule has 5 nitrogen and oxygen atoms in total. The lowest BCUT2D eigenvalue weighted by Crippen LogP contribution is -2.24. The standard InChI is InChI=1S/C11H10BrFN4O/c1-6-15-10(17-16-6)11(18)14-5-7-4-8(13)2-3-9(7)12/h2-4H,5H2,1H3,(H,14,18)(H,15,16,17). The van der Waals surface area contributed by atoms with E-state index < -0.39 is 5.91 Å². The fourth-order valence-corrected chi connectivity index (χ4v) is 1.76. The summed E-state index contributed by atoms with van der Waals surface area (Å²) in [6.45, 7) is 1.90. The SMILES string of the molecule is Cc1nc(C(=O)NCc2cc(F)ccc2Br)n[nH]1. The van der Waals surface area contributed by atoms with Crippen molar-refractivity contribution in [2.45, 2.75) is 13.5 Å². The molecule has 2 N–H and O–H groups in total. The number of halogens is 2. The molecule has 1 amide bonds. The summed E-state index contributed by atoms with van der Waals surface area (Å²) in [5.41, 5.74) is 0.649. The van der Waals surface area contributed by atoms with E-state index in [0.717, 1.165) is 4.47 Å². The van der Waals surface area contributed by atoms with Crippen LogP contribution in [0.15, 0.2) is 22.7 Å². The number of nitrogens with one attached hydrogen (secondary N) is 2. The van der Waals surface area contributed by atoms with Gasteiger partial charge in [0.2, 0.25) is 5.82 Å². The number of carbonyl (C=O) groups is 1. The lowest BCUT2D eigenvalue weighted by atomic mass is 10.2. The van der Waals surface area contributed by atoms with Crippen molar-refractivity contribution >= 4 is 21.8 Å². The lowest BCUT2D eigenvalue weighted by molar-refractivity contribution is 0.0940. The van der Waals surface area contributed by atoms with Crippen LogP contribution in [0.3, 0.4) is 0 Å². The molecule has 2 rings (SSSR count). The highest BCUT2D eigenvalue weighted by Gasteiger charge is 2.11. The molecule has 0 aliphatic carbocycles. The largest absolute Gasteiger partial charge is 0.345 e. The Morgan fingerprint density at radius 1 is 1.56 bits per heavy atom. The molecule has 0 atom stereocenters. The number of hydrogen-bond donors (Lipinski definition) is 2. The Kier molecular flexibility index (Phi) is 3.71. The molecule has 1 heterocycles. The lowest BCUT2D eigenvalue weighted by Gasteiger charge is -2.05. The van der Waals surface area contributed by atoms with E-state index in [0.29, 0.717) is 11.4 Å². The predicted octanol–water partition coefficient (Wildman–Crippen LogP) is 1.94. The molecule has 0 saturated carbocycles. The van der Waals surface area contributed by atoms with Gasteiger partial charge in [0, 0.05) is 11.0 Å². The minimum absolute atomic E-state index is 0.0695. The summed E-state index contributed by atoms with van der Waals surface area (Å²) in [5, 5.41) is 8.93. The van der Waals surface area contributed by atoms with Crippen LogP contribution in [0.1, 0.15) is 22.0 Å². The van der Waals surface area contributed by atoms with Crippen molar-refractivity contribution in [1.29, 1.82) is 0 Å². The van der Waals surface area contributed by atoms with Gasteiger partial charge in [0.05, 0.1) is 0 Å². The smallest absolute Gasteiger partial charge is 0.291 e. The number of nitrogens with zero attached hydrogens (tertiary/aromatic N) is 2. The van der Waals surface area contributed by atoms with Gasteiger partial charge in [-0.1, -0.05) is 15.9 Å². The van der Waals surface area contributed by atoms with Crippen molar-refractivity contribution in [3.05, 3.63) is 45.7 Å². The summed E-state index contributed by atoms with van der Waals surface area (Å²) < 4.78 is 13.8. The first-order valence-electron chi connectivity index (χ1n) is 5.17. The first-order chi connectivity index (χ1) is 8.56. The number of carbonyl (C=O) groups excluding carboxylic acids is 1. The third-order valence-corrected chi connectivity index (χ3v) is 3.02. The van der Waals surface area contributed by atoms with Crippen LogP contribution in [-0.2, 0) is 6.54 Å². The summed E-state index contributed by atoms with van der Waals surface area (Å²) >= 11 is 3.29. The van der Waals surface area contributed by atoms with Crippen molar-refractivity contribution < 1.29 is 9.18 Å². The maximum absolute atomic E-state index is 13.0. The topological polar surface area (TPSA) is 70.7 Å². The molecular weight excluding hydrogens is 303 g/mol. The third-order valence-electron chi connectivity index (χ3n) is 2.25. The molecule has 2 aromatic rings. The fraction of sp³-hybridized carbons (Fsp3) is 0.182. The van der Waals surface area contributed by atoms with Crippen molar-refractivity contribution in [1.82, 2.24) is 20.5 Å². The molecule has 0 aliphatic heterocycles. The molecule has 7 heteroatoms. The molecule has 0 unspecified atom stereocenters. The average molecular weight is 313 g/mol. The molecule has 0 spiro atoms.